The second-order valence-electron chi connectivity index (χ2n) is 3.74. The molecule has 0 radical (unpaired) electrons. The molecule has 0 aromatic rings. The molecule has 3 nitrogen and oxygen atoms in total. The van der Waals surface area contributed by atoms with Crippen molar-refractivity contribution in [2.75, 3.05) is 6.61 Å². The summed E-state index contributed by atoms with van der Waals surface area (Å²) in [5, 5.41) is 0. The maximum absolute atomic E-state index is 11.8. The molecule has 0 saturated carbocycles. The molecule has 1 aliphatic carbocycles. The number of esters is 1. The van der Waals surface area contributed by atoms with Gasteiger partial charge in [0.15, 0.2) is 5.78 Å². The average molecular weight is 210 g/mol. The van der Waals surface area contributed by atoms with Crippen LogP contribution >= 0.6 is 0 Å². The fourth-order valence-electron chi connectivity index (χ4n) is 1.73. The maximum atomic E-state index is 11.8. The van der Waals surface area contributed by atoms with Crippen molar-refractivity contribution >= 4 is 11.8 Å². The van der Waals surface area contributed by atoms with Crippen LogP contribution in [0.4, 0.5) is 0 Å². The molecule has 0 N–H and O–H groups in total. The minimum absolute atomic E-state index is 0.0260. The van der Waals surface area contributed by atoms with E-state index < -0.39 is 5.92 Å². The monoisotopic (exact) mass is 210 g/mol. The largest absolute Gasteiger partial charge is 0.465 e. The quantitative estimate of drug-likeness (QED) is 0.516. The van der Waals surface area contributed by atoms with Crippen LogP contribution in [-0.4, -0.2) is 18.4 Å². The van der Waals surface area contributed by atoms with E-state index in [1.165, 1.54) is 0 Å². The fraction of sp³-hybridized carbons (Fsp3) is 0.667. The Morgan fingerprint density at radius 2 is 2.27 bits per heavy atom. The molecule has 0 heterocycles. The molecule has 0 aromatic heterocycles. The van der Waals surface area contributed by atoms with Gasteiger partial charge < -0.3 is 4.74 Å². The summed E-state index contributed by atoms with van der Waals surface area (Å²) in [6.07, 6.45) is 5.28. The lowest BCUT2D eigenvalue weighted by atomic mass is 10.0. The minimum Gasteiger partial charge on any atom is -0.465 e. The molecule has 0 aromatic carbocycles. The summed E-state index contributed by atoms with van der Waals surface area (Å²) in [5.41, 5.74) is 0.815. The summed E-state index contributed by atoms with van der Waals surface area (Å²) in [6, 6.07) is 0. The van der Waals surface area contributed by atoms with Crippen LogP contribution in [-0.2, 0) is 14.3 Å². The molecule has 1 atom stereocenters. The predicted molar refractivity (Wildman–Crippen MR) is 57.4 cm³/mol. The van der Waals surface area contributed by atoms with Crippen molar-refractivity contribution in [2.45, 2.75) is 39.5 Å². The van der Waals surface area contributed by atoms with Gasteiger partial charge in [0.05, 0.1) is 6.61 Å². The number of carbonyl (C=O) groups excluding carboxylic acids is 2. The first kappa shape index (κ1) is 12.0. The van der Waals surface area contributed by atoms with Gasteiger partial charge in [-0.2, -0.15) is 0 Å². The lowest BCUT2D eigenvalue weighted by Crippen LogP contribution is -2.23. The highest BCUT2D eigenvalue weighted by molar-refractivity contribution is 6.10. The van der Waals surface area contributed by atoms with Gasteiger partial charge in [-0.25, -0.2) is 0 Å². The molecule has 3 heteroatoms. The highest BCUT2D eigenvalue weighted by atomic mass is 16.5. The van der Waals surface area contributed by atoms with Crippen molar-refractivity contribution in [3.63, 3.8) is 0 Å². The highest BCUT2D eigenvalue weighted by Gasteiger charge is 2.33. The van der Waals surface area contributed by atoms with E-state index >= 15 is 0 Å². The molecule has 0 fully saturated rings. The van der Waals surface area contributed by atoms with Crippen LogP contribution in [0.2, 0.25) is 0 Å². The Hall–Kier alpha value is -1.12. The molecular weight excluding hydrogens is 192 g/mol. The number of Topliss-reactive ketones (excluding diaryl/α,β-unsaturated/α-hetero) is 1. The smallest absolute Gasteiger partial charge is 0.317 e. The summed E-state index contributed by atoms with van der Waals surface area (Å²) < 4.78 is 4.86. The van der Waals surface area contributed by atoms with Crippen molar-refractivity contribution in [3.05, 3.63) is 11.6 Å². The average Bonchev–Trinajstić information content (AvgIpc) is 2.57. The Morgan fingerprint density at radius 3 is 2.87 bits per heavy atom. The van der Waals surface area contributed by atoms with E-state index in [0.717, 1.165) is 24.8 Å². The molecule has 84 valence electrons. The van der Waals surface area contributed by atoms with E-state index in [1.807, 2.05) is 6.08 Å². The third-order valence-electron chi connectivity index (χ3n) is 2.60. The van der Waals surface area contributed by atoms with Gasteiger partial charge in [-0.3, -0.25) is 9.59 Å². The predicted octanol–water partition coefficient (Wildman–Crippen LogP) is 2.26. The molecule has 0 amide bonds. The Labute approximate surface area is 90.5 Å². The number of carbonyl (C=O) groups is 2. The van der Waals surface area contributed by atoms with Crippen LogP contribution in [0.1, 0.15) is 39.5 Å². The summed E-state index contributed by atoms with van der Waals surface area (Å²) in [7, 11) is 0. The highest BCUT2D eigenvalue weighted by Crippen LogP contribution is 2.25. The van der Waals surface area contributed by atoms with Crippen molar-refractivity contribution in [3.8, 4) is 0 Å². The number of ether oxygens (including phenoxy) is 1. The zero-order valence-corrected chi connectivity index (χ0v) is 9.41. The molecule has 0 bridgehead atoms. The van der Waals surface area contributed by atoms with Crippen LogP contribution in [0.3, 0.4) is 0 Å². The summed E-state index contributed by atoms with van der Waals surface area (Å²) in [5.74, 6) is -0.955. The van der Waals surface area contributed by atoms with Gasteiger partial charge in [0.2, 0.25) is 0 Å². The number of hydrogen-bond donors (Lipinski definition) is 0. The van der Waals surface area contributed by atoms with E-state index in [4.69, 9.17) is 4.74 Å². The number of ketones is 1. The number of unbranched alkanes of at least 4 members (excludes halogenated alkanes) is 1. The van der Waals surface area contributed by atoms with E-state index in [9.17, 15) is 9.59 Å². The van der Waals surface area contributed by atoms with Crippen LogP contribution in [0.25, 0.3) is 0 Å². The molecule has 1 unspecified atom stereocenters. The molecular formula is C12H18O3. The summed E-state index contributed by atoms with van der Waals surface area (Å²) in [4.78, 5) is 23.2. The molecule has 0 saturated heterocycles. The maximum Gasteiger partial charge on any atom is 0.317 e. The second kappa shape index (κ2) is 5.69. The summed E-state index contributed by atoms with van der Waals surface area (Å²) in [6.45, 7) is 4.18. The fourth-order valence-corrected chi connectivity index (χ4v) is 1.73. The Morgan fingerprint density at radius 1 is 1.53 bits per heavy atom. The number of hydrogen-bond acceptors (Lipinski definition) is 3. The lowest BCUT2D eigenvalue weighted by Gasteiger charge is -2.07. The molecule has 0 spiro atoms. The normalized spacial score (nSPS) is 20.3. The SMILES string of the molecule is CCCCC1=CCC(C(=O)OCC)C1=O. The van der Waals surface area contributed by atoms with Crippen LogP contribution in [0.5, 0.6) is 0 Å². The second-order valence-corrected chi connectivity index (χ2v) is 3.74. The van der Waals surface area contributed by atoms with Crippen molar-refractivity contribution in [1.82, 2.24) is 0 Å². The number of allylic oxidation sites excluding steroid dienone is 2. The van der Waals surface area contributed by atoms with E-state index in [0.29, 0.717) is 13.0 Å². The first-order valence-corrected chi connectivity index (χ1v) is 5.60. The van der Waals surface area contributed by atoms with Gasteiger partial charge in [-0.05, 0) is 31.8 Å². The Kier molecular flexibility index (Phi) is 4.53. The van der Waals surface area contributed by atoms with E-state index in [2.05, 4.69) is 6.92 Å². The van der Waals surface area contributed by atoms with E-state index in [1.54, 1.807) is 6.92 Å². The van der Waals surface area contributed by atoms with Gasteiger partial charge >= 0.3 is 5.97 Å². The van der Waals surface area contributed by atoms with Gasteiger partial charge in [0.25, 0.3) is 0 Å². The van der Waals surface area contributed by atoms with Crippen molar-refractivity contribution in [1.29, 1.82) is 0 Å². The lowest BCUT2D eigenvalue weighted by molar-refractivity contribution is -0.150. The van der Waals surface area contributed by atoms with Gasteiger partial charge in [-0.1, -0.05) is 19.4 Å². The molecule has 1 rings (SSSR count). The van der Waals surface area contributed by atoms with Crippen LogP contribution in [0.15, 0.2) is 11.6 Å². The topological polar surface area (TPSA) is 43.4 Å². The van der Waals surface area contributed by atoms with Crippen molar-refractivity contribution < 1.29 is 14.3 Å². The standard InChI is InChI=1S/C12H18O3/c1-3-5-6-9-7-8-10(11(9)13)12(14)15-4-2/h7,10H,3-6,8H2,1-2H3. The molecule has 0 aliphatic heterocycles. The Bertz CT molecular complexity index is 279. The van der Waals surface area contributed by atoms with Gasteiger partial charge in [-0.15, -0.1) is 0 Å². The van der Waals surface area contributed by atoms with Crippen molar-refractivity contribution in [2.24, 2.45) is 5.92 Å². The first-order valence-electron chi connectivity index (χ1n) is 5.60. The summed E-state index contributed by atoms with van der Waals surface area (Å²) >= 11 is 0. The minimum atomic E-state index is -0.559. The molecule has 15 heavy (non-hydrogen) atoms. The third kappa shape index (κ3) is 2.91. The van der Waals surface area contributed by atoms with Gasteiger partial charge in [0, 0.05) is 0 Å². The van der Waals surface area contributed by atoms with Crippen LogP contribution < -0.4 is 0 Å². The third-order valence-corrected chi connectivity index (χ3v) is 2.60. The zero-order valence-electron chi connectivity index (χ0n) is 9.41. The van der Waals surface area contributed by atoms with E-state index in [-0.39, 0.29) is 11.8 Å². The van der Waals surface area contributed by atoms with Gasteiger partial charge in [0.1, 0.15) is 5.92 Å². The first-order chi connectivity index (χ1) is 7.20. The Balaban J connectivity index is 2.49. The van der Waals surface area contributed by atoms with Crippen LogP contribution in [0, 0.1) is 5.92 Å². The molecule has 1 aliphatic rings. The number of rotatable bonds is 5. The zero-order chi connectivity index (χ0) is 11.3.